The van der Waals surface area contributed by atoms with Gasteiger partial charge in [-0.15, -0.1) is 0 Å². The summed E-state index contributed by atoms with van der Waals surface area (Å²) < 4.78 is 28.5. The zero-order chi connectivity index (χ0) is 24.1. The zero-order valence-corrected chi connectivity index (χ0v) is 19.4. The van der Waals surface area contributed by atoms with Crippen LogP contribution in [0.5, 0.6) is 11.5 Å². The first kappa shape index (κ1) is 20.6. The van der Waals surface area contributed by atoms with Gasteiger partial charge in [-0.1, -0.05) is 6.07 Å². The van der Waals surface area contributed by atoms with Crippen LogP contribution in [-0.2, 0) is 24.4 Å². The molecule has 5 bridgehead atoms. The predicted molar refractivity (Wildman–Crippen MR) is 115 cm³/mol. The molecule has 3 spiro atoms. The molecule has 3 aliphatic carbocycles. The molecular weight excluding hydrogens is 460 g/mol. The Balaban J connectivity index is 1.54. The molecule has 2 N–H and O–H groups in total. The fourth-order valence-electron chi connectivity index (χ4n) is 9.61. The Morgan fingerprint density at radius 1 is 1.14 bits per heavy atom. The normalized spacial score (nSPS) is 47.0. The third-order valence-electron chi connectivity index (χ3n) is 10.4. The van der Waals surface area contributed by atoms with E-state index in [4.69, 9.17) is 23.7 Å². The molecule has 0 radical (unpaired) electrons. The SMILES string of the molecule is COC(=O)N1c2c(ccc3c2OCO3)C23CCN4C5CC(O)C6(CCC12C(O)(C(=O)OC)C6O5)C43. The summed E-state index contributed by atoms with van der Waals surface area (Å²) in [6, 6.07) is 3.47. The number of rotatable bonds is 1. The lowest BCUT2D eigenvalue weighted by Crippen LogP contribution is -2.95. The number of benzene rings is 1. The van der Waals surface area contributed by atoms with Gasteiger partial charge in [0.25, 0.3) is 0 Å². The molecule has 4 saturated heterocycles. The maximum atomic E-state index is 13.7. The van der Waals surface area contributed by atoms with Crippen molar-refractivity contribution in [3.8, 4) is 11.5 Å². The third-order valence-corrected chi connectivity index (χ3v) is 10.4. The lowest BCUT2D eigenvalue weighted by Gasteiger charge is -2.78. The summed E-state index contributed by atoms with van der Waals surface area (Å²) in [4.78, 5) is 31.1. The summed E-state index contributed by atoms with van der Waals surface area (Å²) in [6.07, 6.45) is -1.31. The van der Waals surface area contributed by atoms with Gasteiger partial charge in [-0.2, -0.15) is 0 Å². The number of hydrogen-bond acceptors (Lipinski definition) is 10. The van der Waals surface area contributed by atoms with Gasteiger partial charge in [0.15, 0.2) is 11.5 Å². The lowest BCUT2D eigenvalue weighted by atomic mass is 9.35. The second kappa shape index (κ2) is 5.86. The van der Waals surface area contributed by atoms with Crippen molar-refractivity contribution >= 4 is 17.7 Å². The van der Waals surface area contributed by atoms with E-state index in [9.17, 15) is 19.8 Å². The van der Waals surface area contributed by atoms with Crippen molar-refractivity contribution in [2.45, 2.75) is 66.7 Å². The summed E-state index contributed by atoms with van der Waals surface area (Å²) >= 11 is 0. The number of piperidine rings is 1. The molecule has 6 aliphatic heterocycles. The number of methoxy groups -OCH3 is 2. The molecule has 3 saturated carbocycles. The number of esters is 1. The van der Waals surface area contributed by atoms with Gasteiger partial charge in [0.2, 0.25) is 12.4 Å². The number of ether oxygens (including phenoxy) is 5. The van der Waals surface area contributed by atoms with Gasteiger partial charge < -0.3 is 33.9 Å². The number of fused-ring (bicyclic) bond motifs is 5. The van der Waals surface area contributed by atoms with Crippen LogP contribution in [0.1, 0.15) is 31.2 Å². The van der Waals surface area contributed by atoms with Gasteiger partial charge in [-0.25, -0.2) is 9.59 Å². The minimum absolute atomic E-state index is 0.00587. The lowest BCUT2D eigenvalue weighted by molar-refractivity contribution is -0.389. The summed E-state index contributed by atoms with van der Waals surface area (Å²) in [6.45, 7) is 0.631. The van der Waals surface area contributed by atoms with Crippen LogP contribution in [0, 0.1) is 5.41 Å². The number of anilines is 1. The fraction of sp³-hybridized carbons (Fsp3) is 0.667. The summed E-state index contributed by atoms with van der Waals surface area (Å²) in [5, 5.41) is 24.3. The van der Waals surface area contributed by atoms with Crippen molar-refractivity contribution in [1.29, 1.82) is 0 Å². The molecule has 1 amide bonds. The van der Waals surface area contributed by atoms with Crippen molar-refractivity contribution in [2.24, 2.45) is 5.41 Å². The van der Waals surface area contributed by atoms with Gasteiger partial charge in [-0.3, -0.25) is 9.80 Å². The van der Waals surface area contributed by atoms with Gasteiger partial charge in [0, 0.05) is 29.8 Å². The van der Waals surface area contributed by atoms with Crippen LogP contribution in [0.2, 0.25) is 0 Å². The Labute approximate surface area is 200 Å². The molecule has 9 aliphatic rings. The average molecular weight is 486 g/mol. The van der Waals surface area contributed by atoms with Gasteiger partial charge in [-0.05, 0) is 30.9 Å². The van der Waals surface area contributed by atoms with Gasteiger partial charge in [0.1, 0.15) is 17.9 Å². The van der Waals surface area contributed by atoms with E-state index >= 15 is 0 Å². The van der Waals surface area contributed by atoms with Crippen LogP contribution < -0.4 is 14.4 Å². The van der Waals surface area contributed by atoms with E-state index < -0.39 is 52.5 Å². The monoisotopic (exact) mass is 486 g/mol. The molecule has 11 nitrogen and oxygen atoms in total. The van der Waals surface area contributed by atoms with Crippen LogP contribution in [0.25, 0.3) is 0 Å². The molecule has 6 heterocycles. The second-order valence-electron chi connectivity index (χ2n) is 10.8. The molecule has 1 aromatic rings. The Kier molecular flexibility index (Phi) is 3.44. The first-order valence-electron chi connectivity index (χ1n) is 12.1. The van der Waals surface area contributed by atoms with E-state index in [0.717, 1.165) is 5.56 Å². The molecule has 8 atom stereocenters. The van der Waals surface area contributed by atoms with Crippen LogP contribution in [0.4, 0.5) is 10.5 Å². The predicted octanol–water partition coefficient (Wildman–Crippen LogP) is 0.240. The van der Waals surface area contributed by atoms with Crippen molar-refractivity contribution in [2.75, 3.05) is 32.5 Å². The number of carbonyl (C=O) groups excluding carboxylic acids is 2. The quantitative estimate of drug-likeness (QED) is 0.533. The molecule has 8 unspecified atom stereocenters. The Hall–Kier alpha value is -2.60. The number of amides is 1. The summed E-state index contributed by atoms with van der Waals surface area (Å²) in [5.41, 5.74) is -4.29. The van der Waals surface area contributed by atoms with E-state index in [1.54, 1.807) is 0 Å². The minimum Gasteiger partial charge on any atom is -0.467 e. The molecule has 11 heteroatoms. The van der Waals surface area contributed by atoms with Crippen LogP contribution in [-0.4, -0.2) is 90.4 Å². The van der Waals surface area contributed by atoms with Crippen LogP contribution in [0.3, 0.4) is 0 Å². The third kappa shape index (κ3) is 1.67. The molecule has 186 valence electrons. The fourth-order valence-corrected chi connectivity index (χ4v) is 9.61. The van der Waals surface area contributed by atoms with Crippen molar-refractivity contribution in [3.05, 3.63) is 17.7 Å². The first-order valence-corrected chi connectivity index (χ1v) is 12.1. The molecule has 7 fully saturated rings. The zero-order valence-electron chi connectivity index (χ0n) is 19.4. The largest absolute Gasteiger partial charge is 0.467 e. The molecule has 10 rings (SSSR count). The van der Waals surface area contributed by atoms with E-state index in [-0.39, 0.29) is 19.3 Å². The summed E-state index contributed by atoms with van der Waals surface area (Å²) in [5.74, 6) is -0.0130. The van der Waals surface area contributed by atoms with E-state index in [0.29, 0.717) is 43.0 Å². The minimum atomic E-state index is -2.26. The van der Waals surface area contributed by atoms with E-state index in [2.05, 4.69) is 4.90 Å². The first-order chi connectivity index (χ1) is 16.8. The standard InChI is InChI=1S/C24H26N2O9/c1-31-19(28)24(30)18-21-5-6-23(24)22(7-8-25(17(21)22)14(35-18)9-13(21)27)11-3-4-12-16(34-10-33-12)15(11)26(23)20(29)32-2/h3-4,13-14,17-18,27,30H,5-10H2,1-2H3. The van der Waals surface area contributed by atoms with Crippen molar-refractivity contribution in [1.82, 2.24) is 4.90 Å². The highest BCUT2D eigenvalue weighted by Gasteiger charge is 2.93. The van der Waals surface area contributed by atoms with E-state index in [1.165, 1.54) is 19.1 Å². The van der Waals surface area contributed by atoms with Gasteiger partial charge >= 0.3 is 12.1 Å². The maximum Gasteiger partial charge on any atom is 0.414 e. The molecular formula is C24H26N2O9. The highest BCUT2D eigenvalue weighted by Crippen LogP contribution is 2.80. The highest BCUT2D eigenvalue weighted by atomic mass is 16.7. The Morgan fingerprint density at radius 2 is 1.97 bits per heavy atom. The Morgan fingerprint density at radius 3 is 2.74 bits per heavy atom. The average Bonchev–Trinajstić information content (AvgIpc) is 3.58. The van der Waals surface area contributed by atoms with Crippen molar-refractivity contribution in [3.63, 3.8) is 0 Å². The maximum absolute atomic E-state index is 13.7. The highest BCUT2D eigenvalue weighted by molar-refractivity contribution is 6.02. The topological polar surface area (TPSA) is 127 Å². The summed E-state index contributed by atoms with van der Waals surface area (Å²) in [7, 11) is 2.50. The number of carbonyl (C=O) groups is 2. The molecule has 0 aromatic heterocycles. The van der Waals surface area contributed by atoms with Crippen LogP contribution >= 0.6 is 0 Å². The number of aliphatic hydroxyl groups is 2. The van der Waals surface area contributed by atoms with Gasteiger partial charge in [0.05, 0.1) is 26.0 Å². The molecule has 35 heavy (non-hydrogen) atoms. The smallest absolute Gasteiger partial charge is 0.414 e. The van der Waals surface area contributed by atoms with Crippen molar-refractivity contribution < 1.29 is 43.5 Å². The molecule has 1 aromatic carbocycles. The van der Waals surface area contributed by atoms with E-state index in [1.807, 2.05) is 12.1 Å². The second-order valence-corrected chi connectivity index (χ2v) is 10.8. The number of hydrogen-bond donors (Lipinski definition) is 2. The Bertz CT molecular complexity index is 1220. The van der Waals surface area contributed by atoms with Crippen LogP contribution in [0.15, 0.2) is 12.1 Å². The number of nitrogens with zero attached hydrogens (tertiary/aromatic N) is 2. The number of aliphatic hydroxyl groups excluding tert-OH is 1.